The highest BCUT2D eigenvalue weighted by Crippen LogP contribution is 2.66. The molecule has 37 heavy (non-hydrogen) atoms. The second-order valence-electron chi connectivity index (χ2n) is 11.3. The molecular weight excluding hydrogens is 490 g/mol. The van der Waals surface area contributed by atoms with E-state index in [4.69, 9.17) is 4.74 Å². The lowest BCUT2D eigenvalue weighted by Crippen LogP contribution is -2.75. The van der Waals surface area contributed by atoms with Gasteiger partial charge in [-0.2, -0.15) is 0 Å². The summed E-state index contributed by atoms with van der Waals surface area (Å²) in [6.45, 7) is 1.71. The molecule has 0 unspecified atom stereocenters. The third-order valence-corrected chi connectivity index (χ3v) is 10.2. The number of carbonyl (C=O) groups is 1. The van der Waals surface area contributed by atoms with Crippen LogP contribution in [0.3, 0.4) is 0 Å². The Morgan fingerprint density at radius 1 is 1.24 bits per heavy atom. The summed E-state index contributed by atoms with van der Waals surface area (Å²) in [6, 6.07) is 8.85. The standard InChI is InChI=1S/C28H27N3O5S/c32-19-6-3-15-9-21-28(35)11-17(26(34)30-16-4-5-18-20(10-16)37-13-29-18)23(33)25-27(28,22(15)24(19)36-25)7-8-31(21)12-14-1-2-14/h3-6,10,13-14,21,25,32-33,35H,1-2,7-9,11-12H2,(H,30,34)/t21-,25+,27+,28-/m1/s1. The molecule has 2 bridgehead atoms. The molecule has 2 fully saturated rings. The van der Waals surface area contributed by atoms with E-state index in [-0.39, 0.29) is 29.5 Å². The van der Waals surface area contributed by atoms with E-state index in [0.29, 0.717) is 30.2 Å². The lowest BCUT2D eigenvalue weighted by Gasteiger charge is -2.62. The number of likely N-dealkylation sites (tertiary alicyclic amines) is 1. The Balaban J connectivity index is 1.24. The molecule has 190 valence electrons. The quantitative estimate of drug-likeness (QED) is 0.418. The highest BCUT2D eigenvalue weighted by atomic mass is 32.1. The SMILES string of the molecule is O=C(Nc1ccc2ncsc2c1)C1=C(O)[C@@H]2Oc3c(O)ccc4c3[C@@]23CCN(CC2CC2)[C@H](C4)[C@]3(O)C1. The fraction of sp³-hybridized carbons (Fsp3) is 0.429. The number of anilines is 1. The fourth-order valence-electron chi connectivity index (χ4n) is 7.51. The number of nitrogens with one attached hydrogen (secondary N) is 1. The molecule has 3 heterocycles. The molecule has 1 spiro atoms. The molecular formula is C28H27N3O5S. The molecule has 3 aliphatic carbocycles. The van der Waals surface area contributed by atoms with Crippen LogP contribution in [0.1, 0.15) is 36.8 Å². The van der Waals surface area contributed by atoms with E-state index in [1.807, 2.05) is 18.2 Å². The normalized spacial score (nSPS) is 31.8. The third kappa shape index (κ3) is 2.79. The van der Waals surface area contributed by atoms with Gasteiger partial charge in [-0.1, -0.05) is 6.07 Å². The minimum absolute atomic E-state index is 0.000367. The number of rotatable bonds is 4. The molecule has 9 heteroatoms. The van der Waals surface area contributed by atoms with Crippen LogP contribution in [-0.2, 0) is 16.6 Å². The van der Waals surface area contributed by atoms with E-state index in [9.17, 15) is 20.1 Å². The third-order valence-electron chi connectivity index (χ3n) is 9.38. The largest absolute Gasteiger partial charge is 0.508 e. The van der Waals surface area contributed by atoms with Crippen molar-refractivity contribution in [3.05, 3.63) is 58.3 Å². The van der Waals surface area contributed by atoms with Crippen molar-refractivity contribution in [2.75, 3.05) is 18.4 Å². The summed E-state index contributed by atoms with van der Waals surface area (Å²) in [5.41, 5.74) is 2.98. The summed E-state index contributed by atoms with van der Waals surface area (Å²) in [5, 5.41) is 37.9. The summed E-state index contributed by atoms with van der Waals surface area (Å²) in [4.78, 5) is 20.3. The van der Waals surface area contributed by atoms with E-state index < -0.39 is 23.0 Å². The maximum absolute atomic E-state index is 13.6. The number of benzene rings is 2. The molecule has 2 aliphatic heterocycles. The van der Waals surface area contributed by atoms with Crippen LogP contribution in [0.4, 0.5) is 5.69 Å². The van der Waals surface area contributed by atoms with Gasteiger partial charge in [-0.25, -0.2) is 4.98 Å². The van der Waals surface area contributed by atoms with Crippen molar-refractivity contribution in [1.29, 1.82) is 0 Å². The van der Waals surface area contributed by atoms with Crippen LogP contribution >= 0.6 is 11.3 Å². The predicted octanol–water partition coefficient (Wildman–Crippen LogP) is 3.63. The van der Waals surface area contributed by atoms with Gasteiger partial charge in [-0.05, 0) is 68.0 Å². The van der Waals surface area contributed by atoms with E-state index in [1.54, 1.807) is 17.6 Å². The topological polar surface area (TPSA) is 115 Å². The Morgan fingerprint density at radius 3 is 2.95 bits per heavy atom. The molecule has 1 saturated heterocycles. The number of fused-ring (bicyclic) bond motifs is 1. The van der Waals surface area contributed by atoms with Gasteiger partial charge < -0.3 is 25.4 Å². The van der Waals surface area contributed by atoms with Crippen LogP contribution in [0.5, 0.6) is 11.5 Å². The van der Waals surface area contributed by atoms with Crippen molar-refractivity contribution in [2.45, 2.75) is 55.3 Å². The molecule has 8 nitrogen and oxygen atoms in total. The van der Waals surface area contributed by atoms with Crippen LogP contribution in [0.15, 0.2) is 47.2 Å². The number of phenolic OH excluding ortho intramolecular Hbond substituents is 1. The zero-order valence-corrected chi connectivity index (χ0v) is 20.9. The molecule has 4 atom stereocenters. The van der Waals surface area contributed by atoms with Crippen LogP contribution < -0.4 is 10.1 Å². The number of thiazole rings is 1. The summed E-state index contributed by atoms with van der Waals surface area (Å²) in [5.74, 6) is 0.381. The van der Waals surface area contributed by atoms with Crippen molar-refractivity contribution in [3.8, 4) is 11.5 Å². The Bertz CT molecular complexity index is 1530. The Labute approximate surface area is 217 Å². The molecule has 4 N–H and O–H groups in total. The van der Waals surface area contributed by atoms with E-state index in [1.165, 1.54) is 24.2 Å². The van der Waals surface area contributed by atoms with Gasteiger partial charge in [0.15, 0.2) is 17.6 Å². The number of aromatic nitrogens is 1. The Kier molecular flexibility index (Phi) is 4.29. The number of ether oxygens (including phenoxy) is 1. The average molecular weight is 518 g/mol. The van der Waals surface area contributed by atoms with E-state index in [2.05, 4.69) is 15.2 Å². The second-order valence-corrected chi connectivity index (χ2v) is 12.2. The first-order valence-electron chi connectivity index (χ1n) is 12.9. The maximum atomic E-state index is 13.6. The summed E-state index contributed by atoms with van der Waals surface area (Å²) in [6.07, 6.45) is 2.72. The number of piperidine rings is 1. The van der Waals surface area contributed by atoms with Gasteiger partial charge in [0.2, 0.25) is 0 Å². The number of amides is 1. The molecule has 8 rings (SSSR count). The Hall–Kier alpha value is -3.14. The summed E-state index contributed by atoms with van der Waals surface area (Å²) in [7, 11) is 0. The van der Waals surface area contributed by atoms with Crippen molar-refractivity contribution < 1.29 is 24.9 Å². The zero-order valence-electron chi connectivity index (χ0n) is 20.1. The minimum atomic E-state index is -1.32. The first-order valence-corrected chi connectivity index (χ1v) is 13.8. The van der Waals surface area contributed by atoms with Crippen molar-refractivity contribution >= 4 is 33.1 Å². The highest BCUT2D eigenvalue weighted by molar-refractivity contribution is 7.16. The van der Waals surface area contributed by atoms with Crippen molar-refractivity contribution in [1.82, 2.24) is 9.88 Å². The van der Waals surface area contributed by atoms with Crippen LogP contribution in [0, 0.1) is 5.92 Å². The molecule has 2 aromatic carbocycles. The molecule has 3 aromatic rings. The van der Waals surface area contributed by atoms with Crippen LogP contribution in [0.25, 0.3) is 10.2 Å². The van der Waals surface area contributed by atoms with Gasteiger partial charge in [0, 0.05) is 30.3 Å². The number of aromatic hydroxyl groups is 1. The highest BCUT2D eigenvalue weighted by Gasteiger charge is 2.73. The number of nitrogens with zero attached hydrogens (tertiary/aromatic N) is 2. The number of hydrogen-bond donors (Lipinski definition) is 4. The van der Waals surface area contributed by atoms with Gasteiger partial charge in [0.1, 0.15) is 5.76 Å². The van der Waals surface area contributed by atoms with Crippen LogP contribution in [0.2, 0.25) is 0 Å². The van der Waals surface area contributed by atoms with E-state index in [0.717, 1.165) is 34.4 Å². The number of hydrogen-bond acceptors (Lipinski definition) is 8. The van der Waals surface area contributed by atoms with Gasteiger partial charge in [0.05, 0.1) is 32.3 Å². The first-order chi connectivity index (χ1) is 17.9. The first kappa shape index (κ1) is 21.9. The fourth-order valence-corrected chi connectivity index (χ4v) is 8.22. The predicted molar refractivity (Wildman–Crippen MR) is 138 cm³/mol. The van der Waals surface area contributed by atoms with E-state index >= 15 is 0 Å². The van der Waals surface area contributed by atoms with Gasteiger partial charge in [0.25, 0.3) is 5.91 Å². The van der Waals surface area contributed by atoms with Crippen molar-refractivity contribution in [3.63, 3.8) is 0 Å². The molecule has 1 aromatic heterocycles. The average Bonchev–Trinajstić information content (AvgIpc) is 3.43. The number of aliphatic hydroxyl groups is 2. The number of aliphatic hydroxyl groups excluding tert-OH is 1. The Morgan fingerprint density at radius 2 is 2.11 bits per heavy atom. The van der Waals surface area contributed by atoms with Gasteiger partial charge >= 0.3 is 0 Å². The minimum Gasteiger partial charge on any atom is -0.508 e. The molecule has 0 radical (unpaired) electrons. The van der Waals surface area contributed by atoms with Gasteiger partial charge in [-0.15, -0.1) is 11.3 Å². The van der Waals surface area contributed by atoms with Crippen LogP contribution in [-0.4, -0.2) is 61.9 Å². The molecule has 1 amide bonds. The molecule has 1 saturated carbocycles. The summed E-state index contributed by atoms with van der Waals surface area (Å²) < 4.78 is 7.22. The smallest absolute Gasteiger partial charge is 0.255 e. The zero-order chi connectivity index (χ0) is 25.1. The number of carbonyl (C=O) groups excluding carboxylic acids is 1. The lowest BCUT2D eigenvalue weighted by atomic mass is 9.49. The summed E-state index contributed by atoms with van der Waals surface area (Å²) >= 11 is 1.49. The van der Waals surface area contributed by atoms with Crippen molar-refractivity contribution in [2.24, 2.45) is 5.92 Å². The second kappa shape index (κ2) is 7.24. The molecule has 5 aliphatic rings. The monoisotopic (exact) mass is 517 g/mol. The maximum Gasteiger partial charge on any atom is 0.255 e. The van der Waals surface area contributed by atoms with Gasteiger partial charge in [-0.3, -0.25) is 9.69 Å². The number of phenols is 1. The lowest BCUT2D eigenvalue weighted by molar-refractivity contribution is -0.172.